The number of hydrogen-bond donors (Lipinski definition) is 1. The first kappa shape index (κ1) is 18.7. The zero-order valence-corrected chi connectivity index (χ0v) is 15.1. The van der Waals surface area contributed by atoms with Gasteiger partial charge in [-0.3, -0.25) is 4.79 Å². The predicted molar refractivity (Wildman–Crippen MR) is 92.4 cm³/mol. The highest BCUT2D eigenvalue weighted by atomic mass is 32.2. The summed E-state index contributed by atoms with van der Waals surface area (Å²) in [5, 5.41) is 2.81. The van der Waals surface area contributed by atoms with Crippen LogP contribution < -0.4 is 10.1 Å². The first-order valence-corrected chi connectivity index (χ1v) is 9.90. The SMILES string of the molecule is CCC(C)NC(=O)COc1ccc(S(=O)(=O)N2CCCCC2)cc1. The Morgan fingerprint density at radius 2 is 1.83 bits per heavy atom. The summed E-state index contributed by atoms with van der Waals surface area (Å²) in [4.78, 5) is 11.9. The van der Waals surface area contributed by atoms with Gasteiger partial charge in [-0.05, 0) is 50.5 Å². The van der Waals surface area contributed by atoms with Crippen LogP contribution in [0.2, 0.25) is 0 Å². The second-order valence-electron chi connectivity index (χ2n) is 6.10. The summed E-state index contributed by atoms with van der Waals surface area (Å²) in [7, 11) is -3.43. The van der Waals surface area contributed by atoms with E-state index in [-0.39, 0.29) is 23.5 Å². The molecule has 7 heteroatoms. The van der Waals surface area contributed by atoms with Crippen molar-refractivity contribution in [1.29, 1.82) is 0 Å². The molecule has 1 heterocycles. The minimum absolute atomic E-state index is 0.0808. The smallest absolute Gasteiger partial charge is 0.258 e. The molecule has 0 saturated carbocycles. The van der Waals surface area contributed by atoms with Crippen LogP contribution in [0, 0.1) is 0 Å². The Morgan fingerprint density at radius 3 is 2.42 bits per heavy atom. The third-order valence-electron chi connectivity index (χ3n) is 4.17. The summed E-state index contributed by atoms with van der Waals surface area (Å²) in [6, 6.07) is 6.36. The maximum atomic E-state index is 12.5. The van der Waals surface area contributed by atoms with Crippen LogP contribution in [0.25, 0.3) is 0 Å². The quantitative estimate of drug-likeness (QED) is 0.814. The third kappa shape index (κ3) is 4.95. The van der Waals surface area contributed by atoms with Crippen LogP contribution in [-0.2, 0) is 14.8 Å². The number of rotatable bonds is 7. The summed E-state index contributed by atoms with van der Waals surface area (Å²) in [6.45, 7) is 5.00. The predicted octanol–water partition coefficient (Wildman–Crippen LogP) is 2.15. The summed E-state index contributed by atoms with van der Waals surface area (Å²) in [6.07, 6.45) is 3.75. The lowest BCUT2D eigenvalue weighted by Gasteiger charge is -2.25. The minimum atomic E-state index is -3.43. The molecule has 2 rings (SSSR count). The maximum Gasteiger partial charge on any atom is 0.258 e. The number of carbonyl (C=O) groups is 1. The van der Waals surface area contributed by atoms with Gasteiger partial charge in [0.15, 0.2) is 6.61 Å². The van der Waals surface area contributed by atoms with Gasteiger partial charge in [-0.1, -0.05) is 13.3 Å². The van der Waals surface area contributed by atoms with Gasteiger partial charge in [0, 0.05) is 19.1 Å². The van der Waals surface area contributed by atoms with Gasteiger partial charge in [0.05, 0.1) is 4.90 Å². The highest BCUT2D eigenvalue weighted by Gasteiger charge is 2.25. The van der Waals surface area contributed by atoms with Gasteiger partial charge >= 0.3 is 0 Å². The second-order valence-corrected chi connectivity index (χ2v) is 8.04. The van der Waals surface area contributed by atoms with Gasteiger partial charge in [-0.25, -0.2) is 8.42 Å². The first-order valence-electron chi connectivity index (χ1n) is 8.46. The third-order valence-corrected chi connectivity index (χ3v) is 6.08. The number of piperidine rings is 1. The van der Waals surface area contributed by atoms with E-state index in [4.69, 9.17) is 4.74 Å². The fourth-order valence-electron chi connectivity index (χ4n) is 2.53. The highest BCUT2D eigenvalue weighted by molar-refractivity contribution is 7.89. The summed E-state index contributed by atoms with van der Waals surface area (Å²) in [5.74, 6) is 0.293. The van der Waals surface area contributed by atoms with E-state index in [1.807, 2.05) is 13.8 Å². The molecule has 1 amide bonds. The fourth-order valence-corrected chi connectivity index (χ4v) is 4.05. The standard InChI is InChI=1S/C17H26N2O4S/c1-3-14(2)18-17(20)13-23-15-7-9-16(10-8-15)24(21,22)19-11-5-4-6-12-19/h7-10,14H,3-6,11-13H2,1-2H3,(H,18,20). The Morgan fingerprint density at radius 1 is 1.21 bits per heavy atom. The van der Waals surface area contributed by atoms with Crippen molar-refractivity contribution in [3.8, 4) is 5.75 Å². The maximum absolute atomic E-state index is 12.5. The minimum Gasteiger partial charge on any atom is -0.484 e. The molecule has 0 bridgehead atoms. The van der Waals surface area contributed by atoms with Crippen LogP contribution in [-0.4, -0.2) is 44.4 Å². The van der Waals surface area contributed by atoms with Crippen LogP contribution in [0.3, 0.4) is 0 Å². The van der Waals surface area contributed by atoms with Gasteiger partial charge in [0.1, 0.15) is 5.75 Å². The molecular weight excluding hydrogens is 328 g/mol. The van der Waals surface area contributed by atoms with Crippen molar-refractivity contribution >= 4 is 15.9 Å². The lowest BCUT2D eigenvalue weighted by molar-refractivity contribution is -0.123. The van der Waals surface area contributed by atoms with Crippen LogP contribution in [0.5, 0.6) is 5.75 Å². The topological polar surface area (TPSA) is 75.7 Å². The van der Waals surface area contributed by atoms with Gasteiger partial charge in [-0.15, -0.1) is 0 Å². The Balaban J connectivity index is 1.94. The molecule has 1 atom stereocenters. The molecule has 1 aromatic carbocycles. The molecule has 1 fully saturated rings. The molecule has 0 spiro atoms. The monoisotopic (exact) mass is 354 g/mol. The molecule has 1 saturated heterocycles. The molecule has 6 nitrogen and oxygen atoms in total. The molecular formula is C17H26N2O4S. The van der Waals surface area contributed by atoms with Crippen molar-refractivity contribution in [2.75, 3.05) is 19.7 Å². The number of sulfonamides is 1. The Hall–Kier alpha value is -1.60. The van der Waals surface area contributed by atoms with Crippen molar-refractivity contribution in [2.45, 2.75) is 50.5 Å². The van der Waals surface area contributed by atoms with Crippen LogP contribution >= 0.6 is 0 Å². The van der Waals surface area contributed by atoms with Crippen molar-refractivity contribution in [3.05, 3.63) is 24.3 Å². The molecule has 1 aliphatic rings. The number of benzene rings is 1. The molecule has 0 radical (unpaired) electrons. The fraction of sp³-hybridized carbons (Fsp3) is 0.588. The first-order chi connectivity index (χ1) is 11.4. The second kappa shape index (κ2) is 8.48. The number of hydrogen-bond acceptors (Lipinski definition) is 4. The molecule has 0 aliphatic carbocycles. The van der Waals surface area contributed by atoms with Crippen molar-refractivity contribution in [3.63, 3.8) is 0 Å². The summed E-state index contributed by atoms with van der Waals surface area (Å²) >= 11 is 0. The van der Waals surface area contributed by atoms with Gasteiger partial charge < -0.3 is 10.1 Å². The van der Waals surface area contributed by atoms with E-state index in [2.05, 4.69) is 5.32 Å². The van der Waals surface area contributed by atoms with E-state index in [0.717, 1.165) is 25.7 Å². The average Bonchev–Trinajstić information content (AvgIpc) is 2.61. The molecule has 0 aromatic heterocycles. The van der Waals surface area contributed by atoms with E-state index >= 15 is 0 Å². The Kier molecular flexibility index (Phi) is 6.62. The summed E-state index contributed by atoms with van der Waals surface area (Å²) < 4.78 is 32.0. The van der Waals surface area contributed by atoms with Crippen molar-refractivity contribution < 1.29 is 17.9 Å². The average molecular weight is 354 g/mol. The lowest BCUT2D eigenvalue weighted by Crippen LogP contribution is -2.35. The molecule has 1 N–H and O–H groups in total. The van der Waals surface area contributed by atoms with Crippen LogP contribution in [0.4, 0.5) is 0 Å². The number of nitrogens with zero attached hydrogens (tertiary/aromatic N) is 1. The molecule has 134 valence electrons. The van der Waals surface area contributed by atoms with Gasteiger partial charge in [-0.2, -0.15) is 4.31 Å². The van der Waals surface area contributed by atoms with Crippen LogP contribution in [0.1, 0.15) is 39.5 Å². The molecule has 1 aliphatic heterocycles. The largest absolute Gasteiger partial charge is 0.484 e. The number of ether oxygens (including phenoxy) is 1. The molecule has 1 unspecified atom stereocenters. The summed E-state index contributed by atoms with van der Waals surface area (Å²) in [5.41, 5.74) is 0. The number of nitrogens with one attached hydrogen (secondary N) is 1. The van der Waals surface area contributed by atoms with E-state index in [9.17, 15) is 13.2 Å². The Bertz CT molecular complexity index is 637. The van der Waals surface area contributed by atoms with Gasteiger partial charge in [0.2, 0.25) is 10.0 Å². The zero-order valence-electron chi connectivity index (χ0n) is 14.3. The lowest BCUT2D eigenvalue weighted by atomic mass is 10.2. The normalized spacial score (nSPS) is 17.2. The van der Waals surface area contributed by atoms with E-state index < -0.39 is 10.0 Å². The van der Waals surface area contributed by atoms with Crippen molar-refractivity contribution in [2.24, 2.45) is 0 Å². The number of amides is 1. The van der Waals surface area contributed by atoms with Gasteiger partial charge in [0.25, 0.3) is 5.91 Å². The van der Waals surface area contributed by atoms with E-state index in [0.29, 0.717) is 18.8 Å². The Labute approximate surface area is 144 Å². The zero-order chi connectivity index (χ0) is 17.6. The van der Waals surface area contributed by atoms with E-state index in [1.54, 1.807) is 12.1 Å². The van der Waals surface area contributed by atoms with Crippen molar-refractivity contribution in [1.82, 2.24) is 9.62 Å². The number of carbonyl (C=O) groups excluding carboxylic acids is 1. The molecule has 24 heavy (non-hydrogen) atoms. The highest BCUT2D eigenvalue weighted by Crippen LogP contribution is 2.22. The van der Waals surface area contributed by atoms with Crippen LogP contribution in [0.15, 0.2) is 29.2 Å². The molecule has 1 aromatic rings. The van der Waals surface area contributed by atoms with E-state index in [1.165, 1.54) is 16.4 Å².